The summed E-state index contributed by atoms with van der Waals surface area (Å²) in [4.78, 5) is 29.8. The van der Waals surface area contributed by atoms with Crippen molar-refractivity contribution in [2.24, 2.45) is 11.8 Å². The number of nitrogens with one attached hydrogen (secondary N) is 2. The lowest BCUT2D eigenvalue weighted by Gasteiger charge is -2.31. The summed E-state index contributed by atoms with van der Waals surface area (Å²) in [5.41, 5.74) is 14.1. The standard InChI is InChI=1S/C25H32N8OS/c26-19-11-21(32-23(22(19)27)29-12-16-4-5-16)24(34)30-13-17-6-9-33(10-7-17)15-18-14-31-25(35-18)20-3-1-2-8-28-20/h1-3,8,11,14,16-17H,4-7,9-10,12-13,15,27H2,(H,30,34)(H3,26,29,32). The van der Waals surface area contributed by atoms with Crippen LogP contribution >= 0.6 is 11.3 Å². The highest BCUT2D eigenvalue weighted by Crippen LogP contribution is 2.31. The maximum atomic E-state index is 12.8. The molecule has 2 aliphatic rings. The lowest BCUT2D eigenvalue weighted by molar-refractivity contribution is 0.0930. The molecule has 0 unspecified atom stereocenters. The zero-order valence-corrected chi connectivity index (χ0v) is 20.6. The van der Waals surface area contributed by atoms with Crippen LogP contribution in [-0.2, 0) is 6.54 Å². The molecule has 2 fully saturated rings. The monoisotopic (exact) mass is 492 g/mol. The van der Waals surface area contributed by atoms with Crippen LogP contribution in [0.2, 0.25) is 0 Å². The fourth-order valence-electron chi connectivity index (χ4n) is 4.27. The lowest BCUT2D eigenvalue weighted by Crippen LogP contribution is -2.38. The number of pyridine rings is 2. The number of nitrogens with two attached hydrogens (primary N) is 2. The number of likely N-dealkylation sites (tertiary alicyclic amines) is 1. The number of piperidine rings is 1. The Balaban J connectivity index is 1.08. The van der Waals surface area contributed by atoms with Gasteiger partial charge in [-0.1, -0.05) is 6.07 Å². The Morgan fingerprint density at radius 3 is 2.63 bits per heavy atom. The van der Waals surface area contributed by atoms with Crippen LogP contribution in [0.5, 0.6) is 0 Å². The van der Waals surface area contributed by atoms with Crippen LogP contribution < -0.4 is 22.1 Å². The molecule has 6 N–H and O–H groups in total. The Hall–Kier alpha value is -3.24. The maximum Gasteiger partial charge on any atom is 0.270 e. The van der Waals surface area contributed by atoms with Crippen molar-refractivity contribution in [3.63, 3.8) is 0 Å². The van der Waals surface area contributed by atoms with Crippen LogP contribution in [0.3, 0.4) is 0 Å². The minimum absolute atomic E-state index is 0.208. The second-order valence-corrected chi connectivity index (χ2v) is 10.6. The SMILES string of the molecule is Nc1cc(C(=O)NCC2CCN(Cc3cnc(-c4ccccn4)s3)CC2)nc(NCC2CC2)c1N. The van der Waals surface area contributed by atoms with E-state index in [2.05, 4.69) is 30.5 Å². The molecule has 5 rings (SSSR count). The largest absolute Gasteiger partial charge is 0.397 e. The molecular formula is C25H32N8OS. The van der Waals surface area contributed by atoms with Gasteiger partial charge < -0.3 is 22.1 Å². The summed E-state index contributed by atoms with van der Waals surface area (Å²) < 4.78 is 0. The zero-order chi connectivity index (χ0) is 24.2. The van der Waals surface area contributed by atoms with E-state index in [1.54, 1.807) is 23.6 Å². The average Bonchev–Trinajstić information content (AvgIpc) is 3.60. The Labute approximate surface area is 209 Å². The maximum absolute atomic E-state index is 12.8. The van der Waals surface area contributed by atoms with Gasteiger partial charge >= 0.3 is 0 Å². The van der Waals surface area contributed by atoms with Crippen molar-refractivity contribution >= 4 is 34.4 Å². The predicted octanol–water partition coefficient (Wildman–Crippen LogP) is 3.23. The third kappa shape index (κ3) is 6.07. The van der Waals surface area contributed by atoms with Crippen LogP contribution in [0.15, 0.2) is 36.7 Å². The van der Waals surface area contributed by atoms with Gasteiger partial charge in [-0.15, -0.1) is 11.3 Å². The summed E-state index contributed by atoms with van der Waals surface area (Å²) in [6, 6.07) is 7.44. The first-order valence-corrected chi connectivity index (χ1v) is 13.0. The highest BCUT2D eigenvalue weighted by Gasteiger charge is 2.23. The van der Waals surface area contributed by atoms with E-state index in [0.29, 0.717) is 41.3 Å². The van der Waals surface area contributed by atoms with Crippen molar-refractivity contribution in [1.82, 2.24) is 25.2 Å². The molecule has 1 saturated heterocycles. The molecular weight excluding hydrogens is 460 g/mol. The molecule has 4 heterocycles. The Morgan fingerprint density at radius 1 is 1.09 bits per heavy atom. The first-order valence-electron chi connectivity index (χ1n) is 12.2. The molecule has 1 amide bonds. The van der Waals surface area contributed by atoms with Gasteiger partial charge in [0.2, 0.25) is 0 Å². The molecule has 1 saturated carbocycles. The summed E-state index contributed by atoms with van der Waals surface area (Å²) in [6.07, 6.45) is 8.27. The molecule has 0 atom stereocenters. The molecule has 35 heavy (non-hydrogen) atoms. The number of hydrogen-bond acceptors (Lipinski definition) is 9. The third-order valence-corrected chi connectivity index (χ3v) is 7.66. The highest BCUT2D eigenvalue weighted by atomic mass is 32.1. The molecule has 10 heteroatoms. The molecule has 0 spiro atoms. The van der Waals surface area contributed by atoms with Crippen molar-refractivity contribution in [1.29, 1.82) is 0 Å². The number of amides is 1. The van der Waals surface area contributed by atoms with Crippen molar-refractivity contribution in [2.45, 2.75) is 32.2 Å². The number of aromatic nitrogens is 3. The van der Waals surface area contributed by atoms with Gasteiger partial charge in [0, 0.05) is 36.9 Å². The van der Waals surface area contributed by atoms with Gasteiger partial charge in [-0.05, 0) is 68.8 Å². The second-order valence-electron chi connectivity index (χ2n) is 9.46. The van der Waals surface area contributed by atoms with Crippen LogP contribution in [0.4, 0.5) is 17.2 Å². The quantitative estimate of drug-likeness (QED) is 0.358. The van der Waals surface area contributed by atoms with Gasteiger partial charge in [-0.2, -0.15) is 0 Å². The number of nitrogen functional groups attached to an aromatic ring is 2. The lowest BCUT2D eigenvalue weighted by atomic mass is 9.96. The van der Waals surface area contributed by atoms with Crippen molar-refractivity contribution in [2.75, 3.05) is 43.0 Å². The van der Waals surface area contributed by atoms with Crippen LogP contribution in [0.25, 0.3) is 10.7 Å². The summed E-state index contributed by atoms with van der Waals surface area (Å²) >= 11 is 1.70. The fourth-order valence-corrected chi connectivity index (χ4v) is 5.21. The van der Waals surface area contributed by atoms with Crippen LogP contribution in [0.1, 0.15) is 41.0 Å². The molecule has 1 aliphatic carbocycles. The molecule has 3 aromatic heterocycles. The predicted molar refractivity (Wildman–Crippen MR) is 140 cm³/mol. The number of anilines is 3. The van der Waals surface area contributed by atoms with Gasteiger partial charge in [-0.25, -0.2) is 9.97 Å². The normalized spacial score (nSPS) is 16.8. The van der Waals surface area contributed by atoms with Crippen molar-refractivity contribution in [3.05, 3.63) is 47.2 Å². The second kappa shape index (κ2) is 10.6. The number of rotatable bonds is 9. The van der Waals surface area contributed by atoms with E-state index in [-0.39, 0.29) is 5.91 Å². The topological polar surface area (TPSA) is 135 Å². The first kappa shape index (κ1) is 23.5. The van der Waals surface area contributed by atoms with E-state index in [9.17, 15) is 4.79 Å². The summed E-state index contributed by atoms with van der Waals surface area (Å²) in [7, 11) is 0. The van der Waals surface area contributed by atoms with E-state index in [4.69, 9.17) is 11.5 Å². The van der Waals surface area contributed by atoms with Crippen molar-refractivity contribution in [3.8, 4) is 10.7 Å². The van der Waals surface area contributed by atoms with Gasteiger partial charge in [0.15, 0.2) is 5.82 Å². The molecule has 0 bridgehead atoms. The molecule has 184 valence electrons. The van der Waals surface area contributed by atoms with E-state index in [0.717, 1.165) is 49.7 Å². The number of carbonyl (C=O) groups excluding carboxylic acids is 1. The summed E-state index contributed by atoms with van der Waals surface area (Å²) in [5, 5.41) is 7.25. The number of nitrogens with zero attached hydrogens (tertiary/aromatic N) is 4. The van der Waals surface area contributed by atoms with Gasteiger partial charge in [0.25, 0.3) is 5.91 Å². The number of hydrogen-bond donors (Lipinski definition) is 4. The molecule has 9 nitrogen and oxygen atoms in total. The molecule has 3 aromatic rings. The molecule has 0 radical (unpaired) electrons. The fraction of sp³-hybridized carbons (Fsp3) is 0.440. The highest BCUT2D eigenvalue weighted by molar-refractivity contribution is 7.14. The van der Waals surface area contributed by atoms with Crippen LogP contribution in [-0.4, -0.2) is 51.9 Å². The van der Waals surface area contributed by atoms with E-state index in [1.807, 2.05) is 24.4 Å². The summed E-state index contributed by atoms with van der Waals surface area (Å²) in [5.74, 6) is 1.41. The van der Waals surface area contributed by atoms with E-state index < -0.39 is 0 Å². The number of thiazole rings is 1. The zero-order valence-electron chi connectivity index (χ0n) is 19.7. The van der Waals surface area contributed by atoms with Crippen molar-refractivity contribution < 1.29 is 4.79 Å². The smallest absolute Gasteiger partial charge is 0.270 e. The van der Waals surface area contributed by atoms with Gasteiger partial charge in [-0.3, -0.25) is 14.7 Å². The van der Waals surface area contributed by atoms with E-state index in [1.165, 1.54) is 17.7 Å². The number of carbonyl (C=O) groups is 1. The Kier molecular flexibility index (Phi) is 7.10. The minimum Gasteiger partial charge on any atom is -0.397 e. The third-order valence-electron chi connectivity index (χ3n) is 6.65. The summed E-state index contributed by atoms with van der Waals surface area (Å²) in [6.45, 7) is 4.34. The Morgan fingerprint density at radius 2 is 1.89 bits per heavy atom. The Bertz CT molecular complexity index is 1160. The molecule has 1 aliphatic heterocycles. The van der Waals surface area contributed by atoms with Gasteiger partial charge in [0.05, 0.1) is 17.1 Å². The molecule has 0 aromatic carbocycles. The van der Waals surface area contributed by atoms with Gasteiger partial charge in [0.1, 0.15) is 10.7 Å². The first-order chi connectivity index (χ1) is 17.0. The minimum atomic E-state index is -0.208. The average molecular weight is 493 g/mol. The van der Waals surface area contributed by atoms with E-state index >= 15 is 0 Å². The van der Waals surface area contributed by atoms with Crippen LogP contribution in [0, 0.1) is 11.8 Å².